The zero-order chi connectivity index (χ0) is 22.3. The topological polar surface area (TPSA) is 76.5 Å². The Morgan fingerprint density at radius 3 is 2.59 bits per heavy atom. The minimum Gasteiger partial charge on any atom is -0.497 e. The summed E-state index contributed by atoms with van der Waals surface area (Å²) in [6.45, 7) is 2.23. The molecule has 0 unspecified atom stereocenters. The van der Waals surface area contributed by atoms with Crippen LogP contribution in [0.25, 0.3) is 5.69 Å². The molecular weight excluding hydrogens is 404 g/mol. The summed E-state index contributed by atoms with van der Waals surface area (Å²) < 4.78 is 6.60. The van der Waals surface area contributed by atoms with E-state index in [2.05, 4.69) is 21.4 Å². The molecule has 2 aromatic rings. The molecule has 2 aliphatic rings. The molecule has 170 valence electrons. The molecule has 0 radical (unpaired) electrons. The van der Waals surface area contributed by atoms with Gasteiger partial charge in [-0.25, -0.2) is 0 Å². The summed E-state index contributed by atoms with van der Waals surface area (Å²) in [5, 5.41) is 7.71. The van der Waals surface area contributed by atoms with E-state index in [1.165, 1.54) is 35.9 Å². The lowest BCUT2D eigenvalue weighted by Gasteiger charge is -2.32. The molecule has 0 bridgehead atoms. The van der Waals surface area contributed by atoms with Crippen molar-refractivity contribution in [3.63, 3.8) is 0 Å². The summed E-state index contributed by atoms with van der Waals surface area (Å²) in [6.07, 6.45) is 9.82. The van der Waals surface area contributed by atoms with Crippen molar-refractivity contribution in [1.82, 2.24) is 15.1 Å². The molecule has 2 heterocycles. The maximum absolute atomic E-state index is 12.6. The normalized spacial score (nSPS) is 17.0. The van der Waals surface area contributed by atoms with Crippen molar-refractivity contribution in [3.8, 4) is 11.4 Å². The number of benzene rings is 1. The second-order valence-electron chi connectivity index (χ2n) is 8.55. The molecule has 1 saturated heterocycles. The standard InChI is InChI=1S/C25H32N4O3/c1-32-22-9-7-21(8-10-22)29-24(30)12-11-23(27-29)28-17-14-20(15-18-28)25(31)26-16-13-19-5-3-2-4-6-19/h5,7-12,20H,2-4,6,13-18H2,1H3,(H,26,31). The highest BCUT2D eigenvalue weighted by atomic mass is 16.5. The first-order valence-electron chi connectivity index (χ1n) is 11.6. The summed E-state index contributed by atoms with van der Waals surface area (Å²) in [5.74, 6) is 1.69. The first-order valence-corrected chi connectivity index (χ1v) is 11.6. The van der Waals surface area contributed by atoms with Gasteiger partial charge in [-0.2, -0.15) is 4.68 Å². The van der Waals surface area contributed by atoms with Crippen LogP contribution in [0, 0.1) is 5.92 Å². The molecule has 7 nitrogen and oxygen atoms in total. The molecule has 1 amide bonds. The van der Waals surface area contributed by atoms with Gasteiger partial charge >= 0.3 is 0 Å². The van der Waals surface area contributed by atoms with Gasteiger partial charge in [0.05, 0.1) is 12.8 Å². The van der Waals surface area contributed by atoms with Crippen molar-refractivity contribution in [3.05, 3.63) is 58.4 Å². The Labute approximate surface area is 189 Å². The molecule has 1 N–H and O–H groups in total. The van der Waals surface area contributed by atoms with Crippen LogP contribution >= 0.6 is 0 Å². The number of piperidine rings is 1. The Morgan fingerprint density at radius 1 is 1.12 bits per heavy atom. The number of rotatable bonds is 7. The fraction of sp³-hybridized carbons (Fsp3) is 0.480. The Kier molecular flexibility index (Phi) is 7.24. The number of anilines is 1. The van der Waals surface area contributed by atoms with E-state index in [1.807, 2.05) is 24.3 Å². The molecule has 7 heteroatoms. The SMILES string of the molecule is COc1ccc(-n2nc(N3CCC(C(=O)NCCC4=CCCCC4)CC3)ccc2=O)cc1. The zero-order valence-electron chi connectivity index (χ0n) is 18.8. The van der Waals surface area contributed by atoms with Crippen LogP contribution in [0.5, 0.6) is 5.75 Å². The Morgan fingerprint density at radius 2 is 1.91 bits per heavy atom. The summed E-state index contributed by atoms with van der Waals surface area (Å²) in [5.41, 5.74) is 2.01. The Hall–Kier alpha value is -3.09. The van der Waals surface area contributed by atoms with E-state index in [9.17, 15) is 9.59 Å². The summed E-state index contributed by atoms with van der Waals surface area (Å²) in [4.78, 5) is 27.1. The molecule has 1 aliphatic carbocycles. The van der Waals surface area contributed by atoms with E-state index in [-0.39, 0.29) is 17.4 Å². The highest BCUT2D eigenvalue weighted by Crippen LogP contribution is 2.23. The number of amides is 1. The van der Waals surface area contributed by atoms with Crippen molar-refractivity contribution in [2.24, 2.45) is 5.92 Å². The van der Waals surface area contributed by atoms with Gasteiger partial charge in [-0.3, -0.25) is 9.59 Å². The summed E-state index contributed by atoms with van der Waals surface area (Å²) in [6, 6.07) is 10.6. The number of nitrogens with one attached hydrogen (secondary N) is 1. The van der Waals surface area contributed by atoms with Crippen LogP contribution < -0.4 is 20.5 Å². The molecular formula is C25H32N4O3. The van der Waals surface area contributed by atoms with Crippen LogP contribution in [0.1, 0.15) is 44.9 Å². The molecule has 1 aromatic carbocycles. The molecule has 0 atom stereocenters. The molecule has 32 heavy (non-hydrogen) atoms. The third-order valence-electron chi connectivity index (χ3n) is 6.42. The highest BCUT2D eigenvalue weighted by molar-refractivity contribution is 5.79. The highest BCUT2D eigenvalue weighted by Gasteiger charge is 2.25. The predicted molar refractivity (Wildman–Crippen MR) is 126 cm³/mol. The Balaban J connectivity index is 1.32. The second kappa shape index (κ2) is 10.5. The first kappa shape index (κ1) is 22.1. The summed E-state index contributed by atoms with van der Waals surface area (Å²) in [7, 11) is 1.61. The van der Waals surface area contributed by atoms with Gasteiger partial charge in [0.15, 0.2) is 0 Å². The van der Waals surface area contributed by atoms with Crippen molar-refractivity contribution in [2.75, 3.05) is 31.6 Å². The average Bonchev–Trinajstić information content (AvgIpc) is 2.85. The third kappa shape index (κ3) is 5.39. The van der Waals surface area contributed by atoms with Gasteiger partial charge < -0.3 is 15.0 Å². The monoisotopic (exact) mass is 436 g/mol. The van der Waals surface area contributed by atoms with Crippen molar-refractivity contribution >= 4 is 11.7 Å². The van der Waals surface area contributed by atoms with E-state index in [1.54, 1.807) is 19.2 Å². The molecule has 1 aliphatic heterocycles. The van der Waals surface area contributed by atoms with E-state index in [0.29, 0.717) is 5.69 Å². The molecule has 0 spiro atoms. The number of carbonyl (C=O) groups excluding carboxylic acids is 1. The van der Waals surface area contributed by atoms with E-state index in [0.717, 1.165) is 50.5 Å². The van der Waals surface area contributed by atoms with E-state index in [4.69, 9.17) is 4.74 Å². The third-order valence-corrected chi connectivity index (χ3v) is 6.42. The smallest absolute Gasteiger partial charge is 0.271 e. The summed E-state index contributed by atoms with van der Waals surface area (Å²) >= 11 is 0. The minimum atomic E-state index is -0.179. The van der Waals surface area contributed by atoms with Gasteiger partial charge in [-0.15, -0.1) is 5.10 Å². The lowest BCUT2D eigenvalue weighted by atomic mass is 9.95. The van der Waals surface area contributed by atoms with Gasteiger partial charge in [0.25, 0.3) is 5.56 Å². The first-order chi connectivity index (χ1) is 15.6. The lowest BCUT2D eigenvalue weighted by Crippen LogP contribution is -2.41. The number of allylic oxidation sites excluding steroid dienone is 1. The fourth-order valence-corrected chi connectivity index (χ4v) is 4.47. The van der Waals surface area contributed by atoms with Crippen molar-refractivity contribution < 1.29 is 9.53 Å². The van der Waals surface area contributed by atoms with E-state index >= 15 is 0 Å². The number of carbonyl (C=O) groups is 1. The maximum atomic E-state index is 12.6. The number of nitrogens with zero attached hydrogens (tertiary/aromatic N) is 3. The number of hydrogen-bond acceptors (Lipinski definition) is 5. The lowest BCUT2D eigenvalue weighted by molar-refractivity contribution is -0.125. The molecule has 1 aromatic heterocycles. The maximum Gasteiger partial charge on any atom is 0.271 e. The van der Waals surface area contributed by atoms with Crippen LogP contribution in [0.4, 0.5) is 5.82 Å². The Bertz CT molecular complexity index is 1000. The number of ether oxygens (including phenoxy) is 1. The fourth-order valence-electron chi connectivity index (χ4n) is 4.47. The van der Waals surface area contributed by atoms with Crippen LogP contribution in [0.2, 0.25) is 0 Å². The van der Waals surface area contributed by atoms with Crippen LogP contribution in [-0.2, 0) is 4.79 Å². The number of aromatic nitrogens is 2. The quantitative estimate of drug-likeness (QED) is 0.673. The van der Waals surface area contributed by atoms with Gasteiger partial charge in [0, 0.05) is 31.6 Å². The van der Waals surface area contributed by atoms with Gasteiger partial charge in [-0.05, 0) is 75.3 Å². The molecule has 4 rings (SSSR count). The largest absolute Gasteiger partial charge is 0.497 e. The van der Waals surface area contributed by atoms with Crippen molar-refractivity contribution in [1.29, 1.82) is 0 Å². The number of hydrogen-bond donors (Lipinski definition) is 1. The predicted octanol–water partition coefficient (Wildman–Crippen LogP) is 3.46. The second-order valence-corrected chi connectivity index (χ2v) is 8.55. The minimum absolute atomic E-state index is 0.0408. The molecule has 1 fully saturated rings. The van der Waals surface area contributed by atoms with Gasteiger partial charge in [-0.1, -0.05) is 11.6 Å². The van der Waals surface area contributed by atoms with Crippen molar-refractivity contribution in [2.45, 2.75) is 44.9 Å². The number of methoxy groups -OCH3 is 1. The van der Waals surface area contributed by atoms with E-state index < -0.39 is 0 Å². The molecule has 0 saturated carbocycles. The van der Waals surface area contributed by atoms with Gasteiger partial charge in [0.1, 0.15) is 11.6 Å². The van der Waals surface area contributed by atoms with Crippen LogP contribution in [-0.4, -0.2) is 42.4 Å². The van der Waals surface area contributed by atoms with Crippen LogP contribution in [0.15, 0.2) is 52.8 Å². The zero-order valence-corrected chi connectivity index (χ0v) is 18.8. The van der Waals surface area contributed by atoms with Crippen LogP contribution in [0.3, 0.4) is 0 Å². The van der Waals surface area contributed by atoms with Gasteiger partial charge in [0.2, 0.25) is 5.91 Å². The average molecular weight is 437 g/mol.